The predicted molar refractivity (Wildman–Crippen MR) is 81.7 cm³/mol. The van der Waals surface area contributed by atoms with Gasteiger partial charge in [0.2, 0.25) is 0 Å². The Labute approximate surface area is 124 Å². The second kappa shape index (κ2) is 5.60. The van der Waals surface area contributed by atoms with Crippen molar-refractivity contribution in [2.75, 3.05) is 7.11 Å². The van der Waals surface area contributed by atoms with Crippen molar-refractivity contribution in [1.29, 1.82) is 0 Å². The van der Waals surface area contributed by atoms with Gasteiger partial charge in [-0.05, 0) is 36.0 Å². The van der Waals surface area contributed by atoms with Gasteiger partial charge in [-0.15, -0.1) is 0 Å². The first kappa shape index (κ1) is 13.7. The van der Waals surface area contributed by atoms with Gasteiger partial charge < -0.3 is 9.84 Å². The van der Waals surface area contributed by atoms with Crippen LogP contribution in [-0.4, -0.2) is 18.2 Å². The van der Waals surface area contributed by atoms with E-state index in [0.717, 1.165) is 41.5 Å². The summed E-state index contributed by atoms with van der Waals surface area (Å²) in [6, 6.07) is 8.04. The summed E-state index contributed by atoms with van der Waals surface area (Å²) in [5.41, 5.74) is 4.41. The molecule has 0 radical (unpaired) electrons. The van der Waals surface area contributed by atoms with E-state index in [0.29, 0.717) is 12.0 Å². The number of allylic oxidation sites excluding steroid dienone is 3. The maximum Gasteiger partial charge on any atom is 0.337 e. The lowest BCUT2D eigenvalue weighted by atomic mass is 9.93. The minimum Gasteiger partial charge on any atom is -0.507 e. The van der Waals surface area contributed by atoms with Gasteiger partial charge in [0.25, 0.3) is 0 Å². The van der Waals surface area contributed by atoms with Gasteiger partial charge in [0.1, 0.15) is 5.76 Å². The van der Waals surface area contributed by atoms with Gasteiger partial charge in [-0.3, -0.25) is 0 Å². The van der Waals surface area contributed by atoms with Gasteiger partial charge in [0, 0.05) is 12.0 Å². The van der Waals surface area contributed by atoms with Crippen molar-refractivity contribution < 1.29 is 14.6 Å². The minimum absolute atomic E-state index is 0.0613. The molecule has 0 amide bonds. The van der Waals surface area contributed by atoms with Gasteiger partial charge in [0.15, 0.2) is 0 Å². The monoisotopic (exact) mass is 282 g/mol. The Morgan fingerprint density at radius 1 is 1.29 bits per heavy atom. The lowest BCUT2D eigenvalue weighted by molar-refractivity contribution is -0.136. The number of ether oxygens (including phenoxy) is 1. The molecule has 0 bridgehead atoms. The molecule has 3 rings (SSSR count). The number of fused-ring (bicyclic) bond motifs is 2. The van der Waals surface area contributed by atoms with Crippen LogP contribution in [-0.2, 0) is 16.0 Å². The topological polar surface area (TPSA) is 46.5 Å². The Morgan fingerprint density at radius 3 is 2.90 bits per heavy atom. The third kappa shape index (κ3) is 2.40. The zero-order chi connectivity index (χ0) is 14.8. The Kier molecular flexibility index (Phi) is 3.65. The lowest BCUT2D eigenvalue weighted by Gasteiger charge is -2.11. The molecule has 21 heavy (non-hydrogen) atoms. The summed E-state index contributed by atoms with van der Waals surface area (Å²) in [5, 5.41) is 10.6. The number of rotatable bonds is 1. The number of esters is 1. The number of aliphatic hydroxyl groups excluding tert-OH is 1. The molecule has 108 valence electrons. The molecule has 0 saturated heterocycles. The van der Waals surface area contributed by atoms with Crippen LogP contribution in [0.1, 0.15) is 30.4 Å². The fourth-order valence-corrected chi connectivity index (χ4v) is 3.03. The molecule has 1 aromatic carbocycles. The van der Waals surface area contributed by atoms with Gasteiger partial charge in [-0.2, -0.15) is 0 Å². The number of aliphatic hydroxyl groups is 1. The van der Waals surface area contributed by atoms with Crippen LogP contribution in [0.2, 0.25) is 0 Å². The summed E-state index contributed by atoms with van der Waals surface area (Å²) in [6.45, 7) is 0. The third-order valence-electron chi connectivity index (χ3n) is 4.09. The zero-order valence-electron chi connectivity index (χ0n) is 12.1. The van der Waals surface area contributed by atoms with Crippen LogP contribution in [0.3, 0.4) is 0 Å². The van der Waals surface area contributed by atoms with Crippen molar-refractivity contribution in [3.05, 3.63) is 64.4 Å². The molecule has 2 aliphatic rings. The average molecular weight is 282 g/mol. The summed E-state index contributed by atoms with van der Waals surface area (Å²) >= 11 is 0. The number of hydrogen-bond acceptors (Lipinski definition) is 3. The minimum atomic E-state index is -0.464. The molecule has 0 spiro atoms. The molecule has 2 aliphatic carbocycles. The molecular weight excluding hydrogens is 264 g/mol. The smallest absolute Gasteiger partial charge is 0.337 e. The maximum absolute atomic E-state index is 12.0. The molecule has 0 saturated carbocycles. The van der Waals surface area contributed by atoms with E-state index in [1.807, 2.05) is 24.3 Å². The van der Waals surface area contributed by atoms with E-state index < -0.39 is 5.97 Å². The average Bonchev–Trinajstić information content (AvgIpc) is 2.82. The summed E-state index contributed by atoms with van der Waals surface area (Å²) in [7, 11) is 1.34. The Morgan fingerprint density at radius 2 is 2.10 bits per heavy atom. The van der Waals surface area contributed by atoms with Crippen molar-refractivity contribution in [2.45, 2.75) is 25.7 Å². The maximum atomic E-state index is 12.0. The number of carbonyl (C=O) groups excluding carboxylic acids is 1. The third-order valence-corrected chi connectivity index (χ3v) is 4.09. The normalized spacial score (nSPS) is 17.8. The van der Waals surface area contributed by atoms with Gasteiger partial charge in [-0.25, -0.2) is 4.79 Å². The molecule has 0 unspecified atom stereocenters. The van der Waals surface area contributed by atoms with E-state index in [-0.39, 0.29) is 5.76 Å². The molecule has 0 aliphatic heterocycles. The number of carbonyl (C=O) groups is 1. The van der Waals surface area contributed by atoms with Crippen LogP contribution in [0, 0.1) is 0 Å². The second-order valence-corrected chi connectivity index (χ2v) is 5.34. The number of benzene rings is 1. The standard InChI is InChI=1S/C18H18O3/c1-21-18(20)16-11-12-7-5-6-8-13(12)14-9-3-2-4-10-15(14)17(16)19/h4-8,10,19H,2-3,9,11H2,1H3. The van der Waals surface area contributed by atoms with E-state index in [4.69, 9.17) is 4.74 Å². The number of hydrogen-bond donors (Lipinski definition) is 1. The first-order valence-electron chi connectivity index (χ1n) is 7.21. The fourth-order valence-electron chi connectivity index (χ4n) is 3.03. The quantitative estimate of drug-likeness (QED) is 0.798. The zero-order valence-corrected chi connectivity index (χ0v) is 12.1. The second-order valence-electron chi connectivity index (χ2n) is 5.34. The van der Waals surface area contributed by atoms with E-state index in [1.165, 1.54) is 7.11 Å². The molecule has 1 N–H and O–H groups in total. The largest absolute Gasteiger partial charge is 0.507 e. The SMILES string of the molecule is COC(=O)C1=C(O)C2=C(CCCC=C2)c2ccccc2C1. The van der Waals surface area contributed by atoms with Crippen molar-refractivity contribution >= 4 is 11.5 Å². The van der Waals surface area contributed by atoms with Crippen molar-refractivity contribution in [2.24, 2.45) is 0 Å². The first-order valence-corrected chi connectivity index (χ1v) is 7.21. The molecule has 0 atom stereocenters. The molecule has 1 aromatic rings. The highest BCUT2D eigenvalue weighted by molar-refractivity contribution is 5.93. The molecule has 0 fully saturated rings. The highest BCUT2D eigenvalue weighted by Gasteiger charge is 2.26. The van der Waals surface area contributed by atoms with E-state index in [1.54, 1.807) is 0 Å². The van der Waals surface area contributed by atoms with Crippen molar-refractivity contribution in [3.8, 4) is 0 Å². The molecule has 0 heterocycles. The highest BCUT2D eigenvalue weighted by atomic mass is 16.5. The Hall–Kier alpha value is -2.29. The molecule has 3 heteroatoms. The van der Waals surface area contributed by atoms with Crippen LogP contribution >= 0.6 is 0 Å². The highest BCUT2D eigenvalue weighted by Crippen LogP contribution is 2.37. The van der Waals surface area contributed by atoms with Crippen LogP contribution in [0.4, 0.5) is 0 Å². The van der Waals surface area contributed by atoms with E-state index in [9.17, 15) is 9.90 Å². The summed E-state index contributed by atoms with van der Waals surface area (Å²) < 4.78 is 4.84. The molecular formula is C18H18O3. The fraction of sp³-hybridized carbons (Fsp3) is 0.278. The molecule has 0 aromatic heterocycles. The number of methoxy groups -OCH3 is 1. The van der Waals surface area contributed by atoms with Crippen molar-refractivity contribution in [3.63, 3.8) is 0 Å². The van der Waals surface area contributed by atoms with Crippen molar-refractivity contribution in [1.82, 2.24) is 0 Å². The van der Waals surface area contributed by atoms with E-state index >= 15 is 0 Å². The Balaban J connectivity index is 2.26. The van der Waals surface area contributed by atoms with Crippen LogP contribution < -0.4 is 0 Å². The van der Waals surface area contributed by atoms with Crippen LogP contribution in [0.5, 0.6) is 0 Å². The van der Waals surface area contributed by atoms with Gasteiger partial charge in [-0.1, -0.05) is 36.4 Å². The van der Waals surface area contributed by atoms with E-state index in [2.05, 4.69) is 12.1 Å². The first-order chi connectivity index (χ1) is 10.2. The van der Waals surface area contributed by atoms with Crippen LogP contribution in [0.25, 0.3) is 5.57 Å². The summed E-state index contributed by atoms with van der Waals surface area (Å²) in [4.78, 5) is 12.0. The predicted octanol–water partition coefficient (Wildman–Crippen LogP) is 3.72. The lowest BCUT2D eigenvalue weighted by Crippen LogP contribution is -2.10. The molecule has 3 nitrogen and oxygen atoms in total. The van der Waals surface area contributed by atoms with Gasteiger partial charge in [0.05, 0.1) is 12.7 Å². The van der Waals surface area contributed by atoms with Gasteiger partial charge >= 0.3 is 5.97 Å². The summed E-state index contributed by atoms with van der Waals surface area (Å²) in [6.07, 6.45) is 7.32. The Bertz CT molecular complexity index is 677. The van der Waals surface area contributed by atoms with Crippen LogP contribution in [0.15, 0.2) is 53.3 Å². The summed E-state index contributed by atoms with van der Waals surface area (Å²) in [5.74, 6) is -0.403.